The molecular weight excluding hydrogens is 401 g/mol. The minimum Gasteiger partial charge on any atom is -0.491 e. The van der Waals surface area contributed by atoms with Crippen LogP contribution in [0.1, 0.15) is 8.22 Å². The van der Waals surface area contributed by atoms with Gasteiger partial charge in [-0.1, -0.05) is 12.6 Å². The molecular formula is C22H22FN5O3. The summed E-state index contributed by atoms with van der Waals surface area (Å²) in [5.74, 6) is -2.13. The summed E-state index contributed by atoms with van der Waals surface area (Å²) in [6.45, 7) is -2.13. The summed E-state index contributed by atoms with van der Waals surface area (Å²) in [7, 11) is 1.02. The maximum Gasteiger partial charge on any atom is 0.247 e. The van der Waals surface area contributed by atoms with E-state index in [9.17, 15) is 9.18 Å². The summed E-state index contributed by atoms with van der Waals surface area (Å²) in [5.41, 5.74) is 0.630. The second kappa shape index (κ2) is 10.7. The Morgan fingerprint density at radius 1 is 1.19 bits per heavy atom. The van der Waals surface area contributed by atoms with Crippen LogP contribution < -0.4 is 20.7 Å². The molecule has 0 spiro atoms. The molecule has 9 heteroatoms. The van der Waals surface area contributed by atoms with Gasteiger partial charge in [0.25, 0.3) is 0 Å². The van der Waals surface area contributed by atoms with Crippen molar-refractivity contribution >= 4 is 34.7 Å². The Hall–Kier alpha value is -3.98. The summed E-state index contributed by atoms with van der Waals surface area (Å²) >= 11 is 0. The van der Waals surface area contributed by atoms with Gasteiger partial charge in [-0.3, -0.25) is 4.79 Å². The van der Waals surface area contributed by atoms with Crippen molar-refractivity contribution in [3.63, 3.8) is 0 Å². The van der Waals surface area contributed by atoms with Crippen LogP contribution in [0.5, 0.6) is 5.75 Å². The lowest BCUT2D eigenvalue weighted by atomic mass is 10.2. The molecule has 0 aliphatic rings. The van der Waals surface area contributed by atoms with Crippen molar-refractivity contribution in [1.29, 1.82) is 0 Å². The Bertz CT molecular complexity index is 1310. The molecule has 1 aromatic heterocycles. The minimum atomic E-state index is -2.78. The Morgan fingerprint density at radius 2 is 1.97 bits per heavy atom. The number of hydrogen-bond donors (Lipinski definition) is 3. The zero-order valence-corrected chi connectivity index (χ0v) is 16.3. The molecule has 8 nitrogen and oxygen atoms in total. The predicted molar refractivity (Wildman–Crippen MR) is 118 cm³/mol. The topological polar surface area (TPSA) is 97.4 Å². The number of ether oxygens (including phenoxy) is 2. The van der Waals surface area contributed by atoms with Gasteiger partial charge in [-0.25, -0.2) is 9.37 Å². The van der Waals surface area contributed by atoms with Gasteiger partial charge in [0, 0.05) is 24.2 Å². The SMILES string of the molecule is [2H]c1nc(Nc2ccc(OC([2H])([2H])C([2H])([2H])OC)cc2)nc(Nc2cccc(NC(=O)C=C)c2[2H])c1F. The van der Waals surface area contributed by atoms with Crippen LogP contribution in [0.15, 0.2) is 67.3 Å². The lowest BCUT2D eigenvalue weighted by molar-refractivity contribution is -0.111. The smallest absolute Gasteiger partial charge is 0.247 e. The Kier molecular flexibility index (Phi) is 5.15. The number of amides is 1. The summed E-state index contributed by atoms with van der Waals surface area (Å²) < 4.78 is 70.8. The quantitative estimate of drug-likeness (QED) is 0.415. The molecule has 0 fully saturated rings. The number of aromatic nitrogens is 2. The van der Waals surface area contributed by atoms with Crippen molar-refractivity contribution in [2.75, 3.05) is 36.2 Å². The van der Waals surface area contributed by atoms with E-state index in [4.69, 9.17) is 13.0 Å². The van der Waals surface area contributed by atoms with Crippen molar-refractivity contribution in [3.05, 3.63) is 73.2 Å². The van der Waals surface area contributed by atoms with E-state index < -0.39 is 36.8 Å². The largest absolute Gasteiger partial charge is 0.491 e. The summed E-state index contributed by atoms with van der Waals surface area (Å²) in [6.07, 6.45) is 0.318. The number of nitrogens with one attached hydrogen (secondary N) is 3. The molecule has 3 aromatic rings. The number of methoxy groups -OCH3 is 1. The van der Waals surface area contributed by atoms with Crippen LogP contribution >= 0.6 is 0 Å². The maximum absolute atomic E-state index is 14.6. The molecule has 0 saturated carbocycles. The third-order valence-corrected chi connectivity index (χ3v) is 3.60. The second-order valence-electron chi connectivity index (χ2n) is 5.78. The summed E-state index contributed by atoms with van der Waals surface area (Å²) in [6, 6.07) is 9.94. The zero-order chi connectivity index (χ0) is 27.4. The lowest BCUT2D eigenvalue weighted by Gasteiger charge is -2.11. The number of carbonyl (C=O) groups is 1. The van der Waals surface area contributed by atoms with E-state index in [-0.39, 0.29) is 29.1 Å². The van der Waals surface area contributed by atoms with Crippen molar-refractivity contribution in [3.8, 4) is 5.75 Å². The fourth-order valence-corrected chi connectivity index (χ4v) is 2.26. The highest BCUT2D eigenvalue weighted by Crippen LogP contribution is 2.23. The van der Waals surface area contributed by atoms with E-state index in [0.29, 0.717) is 5.69 Å². The van der Waals surface area contributed by atoms with Gasteiger partial charge in [-0.2, -0.15) is 4.98 Å². The number of hydrogen-bond acceptors (Lipinski definition) is 7. The Morgan fingerprint density at radius 3 is 2.71 bits per heavy atom. The number of halogens is 1. The molecule has 1 heterocycles. The van der Waals surface area contributed by atoms with E-state index in [1.54, 1.807) is 0 Å². The molecule has 3 rings (SSSR count). The maximum atomic E-state index is 14.6. The molecule has 0 aliphatic heterocycles. The van der Waals surface area contributed by atoms with Crippen LogP contribution in [0.25, 0.3) is 0 Å². The molecule has 0 saturated heterocycles. The highest BCUT2D eigenvalue weighted by atomic mass is 19.1. The van der Waals surface area contributed by atoms with Crippen molar-refractivity contribution in [2.24, 2.45) is 0 Å². The van der Waals surface area contributed by atoms with E-state index in [1.165, 1.54) is 42.5 Å². The fraction of sp³-hybridized carbons (Fsp3) is 0.136. The van der Waals surface area contributed by atoms with Gasteiger partial charge in [0.1, 0.15) is 12.3 Å². The number of benzene rings is 2. The highest BCUT2D eigenvalue weighted by Gasteiger charge is 2.09. The van der Waals surface area contributed by atoms with E-state index in [0.717, 1.165) is 13.2 Å². The molecule has 0 unspecified atom stereocenters. The minimum absolute atomic E-state index is 0.00596. The van der Waals surface area contributed by atoms with Gasteiger partial charge < -0.3 is 25.4 Å². The first-order valence-corrected chi connectivity index (χ1v) is 8.82. The van der Waals surface area contributed by atoms with Crippen LogP contribution in [0, 0.1) is 5.82 Å². The second-order valence-corrected chi connectivity index (χ2v) is 5.78. The average Bonchev–Trinajstić information content (AvgIpc) is 2.85. The summed E-state index contributed by atoms with van der Waals surface area (Å²) in [4.78, 5) is 19.3. The third kappa shape index (κ3) is 6.51. The molecule has 160 valence electrons. The summed E-state index contributed by atoms with van der Waals surface area (Å²) in [5, 5.41) is 7.88. The van der Waals surface area contributed by atoms with Crippen LogP contribution in [0.2, 0.25) is 0 Å². The Labute approximate surface area is 187 Å². The first-order valence-electron chi connectivity index (χ1n) is 11.8. The first-order chi connectivity index (χ1) is 17.4. The zero-order valence-electron chi connectivity index (χ0n) is 22.3. The fourth-order valence-electron chi connectivity index (χ4n) is 2.26. The molecule has 31 heavy (non-hydrogen) atoms. The van der Waals surface area contributed by atoms with Crippen LogP contribution in [0.3, 0.4) is 0 Å². The third-order valence-electron chi connectivity index (χ3n) is 3.60. The highest BCUT2D eigenvalue weighted by molar-refractivity contribution is 5.99. The number of nitrogens with zero attached hydrogens (tertiary/aromatic N) is 2. The van der Waals surface area contributed by atoms with Crippen LogP contribution in [-0.4, -0.2) is 36.1 Å². The molecule has 3 N–H and O–H groups in total. The normalized spacial score (nSPS) is 14.0. The molecule has 0 bridgehead atoms. The van der Waals surface area contributed by atoms with E-state index >= 15 is 0 Å². The van der Waals surface area contributed by atoms with Crippen molar-refractivity contribution < 1.29 is 26.9 Å². The monoisotopic (exact) mass is 429 g/mol. The van der Waals surface area contributed by atoms with E-state index in [2.05, 4.69) is 37.2 Å². The van der Waals surface area contributed by atoms with Gasteiger partial charge in [0.05, 0.1) is 21.0 Å². The Balaban J connectivity index is 1.80. The van der Waals surface area contributed by atoms with Gasteiger partial charge >= 0.3 is 0 Å². The number of carbonyl (C=O) groups excluding carboxylic acids is 1. The lowest BCUT2D eigenvalue weighted by Crippen LogP contribution is -2.07. The van der Waals surface area contributed by atoms with Crippen molar-refractivity contribution in [2.45, 2.75) is 0 Å². The molecule has 0 atom stereocenters. The molecule has 1 amide bonds. The standard InChI is InChI=1S/C22H22FN5O3/c1-3-20(29)25-16-5-4-6-17(13-16)26-21-19(23)14-24-22(28-21)27-15-7-9-18(10-8-15)31-12-11-30-2/h3-10,13-14H,1,11-12H2,2H3,(H,25,29)(H2,24,26,27,28)/i11D2,12D2,13D,14D. The molecule has 0 aliphatic carbocycles. The van der Waals surface area contributed by atoms with Crippen LogP contribution in [-0.2, 0) is 9.53 Å². The van der Waals surface area contributed by atoms with Crippen molar-refractivity contribution in [1.82, 2.24) is 9.97 Å². The van der Waals surface area contributed by atoms with E-state index in [1.807, 2.05) is 0 Å². The van der Waals surface area contributed by atoms with Gasteiger partial charge in [-0.15, -0.1) is 0 Å². The van der Waals surface area contributed by atoms with Crippen LogP contribution in [0.4, 0.5) is 33.2 Å². The number of anilines is 5. The van der Waals surface area contributed by atoms with Gasteiger partial charge in [-0.05, 0) is 48.5 Å². The van der Waals surface area contributed by atoms with Gasteiger partial charge in [0.2, 0.25) is 11.9 Å². The average molecular weight is 429 g/mol. The number of rotatable bonds is 10. The first kappa shape index (κ1) is 14.9. The van der Waals surface area contributed by atoms with Gasteiger partial charge in [0.15, 0.2) is 11.6 Å². The molecule has 2 aromatic carbocycles. The molecule has 0 radical (unpaired) electrons. The predicted octanol–water partition coefficient (Wildman–Crippen LogP) is 4.25.